The molecule has 0 amide bonds. The van der Waals surface area contributed by atoms with Crippen molar-refractivity contribution in [2.24, 2.45) is 11.8 Å². The van der Waals surface area contributed by atoms with Gasteiger partial charge in [-0.05, 0) is 140 Å². The summed E-state index contributed by atoms with van der Waals surface area (Å²) in [4.78, 5) is 14.2. The van der Waals surface area contributed by atoms with Gasteiger partial charge in [-0.2, -0.15) is 9.59 Å². The molecule has 6 heterocycles. The Morgan fingerprint density at radius 2 is 1.19 bits per heavy atom. The van der Waals surface area contributed by atoms with Crippen molar-refractivity contribution >= 4 is 38.7 Å². The zero-order valence-electron chi connectivity index (χ0n) is 41.9. The number of nitrogens with zero attached hydrogens (tertiary/aromatic N) is 11. The second kappa shape index (κ2) is 26.6. The van der Waals surface area contributed by atoms with Crippen LogP contribution in [0.15, 0.2) is 95.2 Å². The highest BCUT2D eigenvalue weighted by atomic mass is 32.2. The molecular weight excluding hydrogens is 968 g/mol. The van der Waals surface area contributed by atoms with Crippen molar-refractivity contribution in [2.45, 2.75) is 125 Å². The first-order valence-corrected chi connectivity index (χ1v) is 28.5. The van der Waals surface area contributed by atoms with Gasteiger partial charge >= 0.3 is 7.48 Å². The second-order valence-corrected chi connectivity index (χ2v) is 23.0. The highest BCUT2D eigenvalue weighted by Crippen LogP contribution is 2.34. The van der Waals surface area contributed by atoms with E-state index in [4.69, 9.17) is 10.1 Å². The van der Waals surface area contributed by atoms with Crippen LogP contribution in [0.3, 0.4) is 0 Å². The van der Waals surface area contributed by atoms with Crippen molar-refractivity contribution < 1.29 is 27.3 Å². The topological polar surface area (TPSA) is 272 Å². The monoisotopic (exact) mass is 1040 g/mol. The predicted octanol–water partition coefficient (Wildman–Crippen LogP) is 4.40. The van der Waals surface area contributed by atoms with Crippen molar-refractivity contribution in [1.29, 1.82) is 0 Å². The molecule has 10 rings (SSSR count). The number of anilines is 1. The molecule has 0 spiro atoms. The fourth-order valence-corrected chi connectivity index (χ4v) is 11.7. The standard InChI is InChI=1S/C25H33N7O2S.C20H30N6O2S.C5H5BNO.H2O/c1-26-35(33,34)23-12-11-20(15-19-7-3-2-4-8-19)24(16-23)25-28-30-32(29-25)22-10-6-14-31(18-22)21-9-5-13-27-17-21;1-21-29(27,28)18-10-9-16(12-15-6-3-2-4-7-15)19(13-18)20-23-25-26(24-20)17-8-5-11-22-14-17;8-6-5-2-1-3-7-4-5;/h5,9,11-13,16-17,19,22,26H,2-4,6-8,10,14-15,18H2,1H3;9-10,13,15,17,21-22H,2-8,11-12,14H2,1H3;1-4,8H;1H2. The Balaban J connectivity index is 0.000000185. The van der Waals surface area contributed by atoms with Crippen LogP contribution in [0.4, 0.5) is 5.69 Å². The third kappa shape index (κ3) is 14.8. The van der Waals surface area contributed by atoms with Gasteiger partial charge in [-0.25, -0.2) is 26.3 Å². The van der Waals surface area contributed by atoms with Crippen molar-refractivity contribution in [3.8, 4) is 22.8 Å². The van der Waals surface area contributed by atoms with Crippen LogP contribution < -0.4 is 25.1 Å². The first-order valence-electron chi connectivity index (χ1n) is 25.5. The van der Waals surface area contributed by atoms with E-state index < -0.39 is 20.0 Å². The fourth-order valence-electron chi connectivity index (χ4n) is 10.2. The minimum absolute atomic E-state index is 0. The molecule has 2 aliphatic heterocycles. The molecule has 6 N–H and O–H groups in total. The van der Waals surface area contributed by atoms with E-state index in [1.807, 2.05) is 24.4 Å². The molecule has 23 heteroatoms. The van der Waals surface area contributed by atoms with Crippen LogP contribution >= 0.6 is 0 Å². The van der Waals surface area contributed by atoms with Crippen molar-refractivity contribution in [3.05, 3.63) is 96.6 Å². The minimum atomic E-state index is -3.58. The number of pyridine rings is 2. The summed E-state index contributed by atoms with van der Waals surface area (Å²) in [6, 6.07) is 18.5. The van der Waals surface area contributed by atoms with Gasteiger partial charge in [0.25, 0.3) is 0 Å². The second-order valence-electron chi connectivity index (χ2n) is 19.2. The first kappa shape index (κ1) is 55.2. The smallest absolute Gasteiger partial charge is 0.328 e. The molecular formula is C50H70BN14O6S2. The quantitative estimate of drug-likeness (QED) is 0.110. The minimum Gasteiger partial charge on any atom is -0.450 e. The molecule has 2 aliphatic carbocycles. The van der Waals surface area contributed by atoms with Crippen molar-refractivity contribution in [2.75, 3.05) is 45.2 Å². The molecule has 0 bridgehead atoms. The van der Waals surface area contributed by atoms with Gasteiger partial charge in [0.1, 0.15) is 0 Å². The molecule has 1 radical (unpaired) electrons. The predicted molar refractivity (Wildman–Crippen MR) is 281 cm³/mol. The third-order valence-corrected chi connectivity index (χ3v) is 17.1. The lowest BCUT2D eigenvalue weighted by Gasteiger charge is -2.33. The Bertz CT molecular complexity index is 2860. The molecule has 73 heavy (non-hydrogen) atoms. The van der Waals surface area contributed by atoms with Gasteiger partial charge < -0.3 is 20.7 Å². The van der Waals surface area contributed by atoms with Crippen LogP contribution in [0, 0.1) is 11.8 Å². The Hall–Kier alpha value is -5.56. The van der Waals surface area contributed by atoms with Crippen LogP contribution in [0.5, 0.6) is 0 Å². The Kier molecular flexibility index (Phi) is 20.1. The number of hydrogen-bond acceptors (Lipinski definition) is 15. The van der Waals surface area contributed by atoms with Gasteiger partial charge in [0, 0.05) is 49.4 Å². The SMILES string of the molecule is CNS(=O)(=O)c1ccc(CC2CCCCC2)c(-c2nnn(C3CCCN(c4cccnc4)C3)n2)c1.CNS(=O)(=O)c1ccc(CC2CCCCC2)c(-c2nnn(C3CCCNC3)n2)c1.O.O[B]c1cccnc1. The van der Waals surface area contributed by atoms with E-state index >= 15 is 0 Å². The maximum Gasteiger partial charge on any atom is 0.328 e. The summed E-state index contributed by atoms with van der Waals surface area (Å²) in [5.74, 6) is 2.24. The molecule has 391 valence electrons. The van der Waals surface area contributed by atoms with Crippen molar-refractivity contribution in [1.82, 2.24) is 65.1 Å². The van der Waals surface area contributed by atoms with Gasteiger partial charge in [0.15, 0.2) is 0 Å². The summed E-state index contributed by atoms with van der Waals surface area (Å²) in [7, 11) is -3.24. The van der Waals surface area contributed by atoms with E-state index in [0.717, 1.165) is 106 Å². The van der Waals surface area contributed by atoms with Crippen LogP contribution in [0.25, 0.3) is 22.8 Å². The fraction of sp³-hybridized carbons (Fsp3) is 0.520. The Labute approximate surface area is 430 Å². The number of sulfonamides is 2. The lowest BCUT2D eigenvalue weighted by molar-refractivity contribution is 0.313. The average molecular weight is 1040 g/mol. The summed E-state index contributed by atoms with van der Waals surface area (Å²) in [6.07, 6.45) is 25.4. The van der Waals surface area contributed by atoms with Crippen LogP contribution in [0.1, 0.15) is 113 Å². The molecule has 2 unspecified atom stereocenters. The number of nitrogens with one attached hydrogen (secondary N) is 3. The van der Waals surface area contributed by atoms with Crippen molar-refractivity contribution in [3.63, 3.8) is 0 Å². The number of rotatable bonds is 14. The van der Waals surface area contributed by atoms with Gasteiger partial charge in [0.2, 0.25) is 31.7 Å². The molecule has 6 aromatic rings. The lowest BCUT2D eigenvalue weighted by Crippen LogP contribution is -2.37. The molecule has 2 saturated carbocycles. The van der Waals surface area contributed by atoms with Gasteiger partial charge in [-0.3, -0.25) is 9.97 Å². The summed E-state index contributed by atoms with van der Waals surface area (Å²) in [5, 5.41) is 38.6. The molecule has 20 nitrogen and oxygen atoms in total. The Morgan fingerprint density at radius 1 is 0.658 bits per heavy atom. The molecule has 2 atom stereocenters. The molecule has 4 fully saturated rings. The maximum atomic E-state index is 12.5. The first-order chi connectivity index (χ1) is 35.0. The zero-order valence-corrected chi connectivity index (χ0v) is 43.6. The van der Waals surface area contributed by atoms with Gasteiger partial charge in [-0.1, -0.05) is 82.4 Å². The van der Waals surface area contributed by atoms with Crippen LogP contribution in [-0.4, -0.2) is 125 Å². The van der Waals surface area contributed by atoms with Gasteiger partial charge in [0.05, 0.1) is 33.8 Å². The maximum absolute atomic E-state index is 12.5. The number of tetrazole rings is 2. The highest BCUT2D eigenvalue weighted by molar-refractivity contribution is 7.89. The molecule has 2 aromatic carbocycles. The van der Waals surface area contributed by atoms with Gasteiger partial charge in [-0.15, -0.1) is 20.4 Å². The summed E-state index contributed by atoms with van der Waals surface area (Å²) < 4.78 is 54.6. The van der Waals surface area contributed by atoms with E-state index in [0.29, 0.717) is 23.5 Å². The summed E-state index contributed by atoms with van der Waals surface area (Å²) in [5.41, 5.74) is 5.56. The number of hydrogen-bond donors (Lipinski definition) is 4. The third-order valence-electron chi connectivity index (χ3n) is 14.3. The molecule has 2 saturated heterocycles. The van der Waals surface area contributed by atoms with E-state index in [2.05, 4.69) is 61.4 Å². The van der Waals surface area contributed by atoms with Crippen LogP contribution in [0.2, 0.25) is 0 Å². The highest BCUT2D eigenvalue weighted by Gasteiger charge is 2.27. The normalized spacial score (nSPS) is 18.9. The zero-order chi connectivity index (χ0) is 50.3. The van der Waals surface area contributed by atoms with E-state index in [1.54, 1.807) is 64.6 Å². The summed E-state index contributed by atoms with van der Waals surface area (Å²) in [6.45, 7) is 3.61. The lowest BCUT2D eigenvalue weighted by atomic mass is 9.84. The summed E-state index contributed by atoms with van der Waals surface area (Å²) >= 11 is 0. The van der Waals surface area contributed by atoms with E-state index in [9.17, 15) is 16.8 Å². The Morgan fingerprint density at radius 3 is 1.66 bits per heavy atom. The molecule has 4 aliphatic rings. The van der Waals surface area contributed by atoms with Crippen LogP contribution in [-0.2, 0) is 32.9 Å². The largest absolute Gasteiger partial charge is 0.450 e. The molecule has 4 aromatic heterocycles. The van der Waals surface area contributed by atoms with E-state index in [-0.39, 0.29) is 27.4 Å². The average Bonchev–Trinajstić information content (AvgIpc) is 4.15. The van der Waals surface area contributed by atoms with E-state index in [1.165, 1.54) is 78.3 Å². The number of benzene rings is 2. The number of piperidine rings is 2. The number of aromatic nitrogens is 10.